The minimum Gasteiger partial charge on any atom is -0.424 e. The number of nitrogens with zero attached hydrogens (tertiary/aromatic N) is 4. The first kappa shape index (κ1) is 25.7. The number of benzene rings is 1. The summed E-state index contributed by atoms with van der Waals surface area (Å²) in [5.74, 6) is 0. The molecule has 1 aromatic heterocycles. The van der Waals surface area contributed by atoms with Gasteiger partial charge in [-0.2, -0.15) is 5.10 Å². The molecule has 1 N–H and O–H groups in total. The fourth-order valence-corrected chi connectivity index (χ4v) is 4.80. The van der Waals surface area contributed by atoms with Gasteiger partial charge in [0.05, 0.1) is 11.9 Å². The van der Waals surface area contributed by atoms with Crippen LogP contribution in [0.5, 0.6) is 0 Å². The molecule has 0 saturated carbocycles. The van der Waals surface area contributed by atoms with Crippen molar-refractivity contribution in [1.29, 1.82) is 0 Å². The van der Waals surface area contributed by atoms with Crippen molar-refractivity contribution >= 4 is 27.6 Å². The van der Waals surface area contributed by atoms with Crippen molar-refractivity contribution < 1.29 is 47.5 Å². The molecular weight excluding hydrogens is 429 g/mol. The van der Waals surface area contributed by atoms with Crippen LogP contribution in [-0.4, -0.2) is 43.5 Å². The van der Waals surface area contributed by atoms with E-state index in [2.05, 4.69) is 21.2 Å². The average molecular weight is 458 g/mol. The van der Waals surface area contributed by atoms with E-state index >= 15 is 0 Å². The number of carbonyl (C=O) groups excluding carboxylic acids is 1. The minimum atomic E-state index is -4.28. The number of rotatable bonds is 7. The molecule has 1 aromatic carbocycles. The van der Waals surface area contributed by atoms with E-state index in [4.69, 9.17) is 4.74 Å². The number of urea groups is 1. The van der Waals surface area contributed by atoms with E-state index in [9.17, 15) is 13.2 Å². The van der Waals surface area contributed by atoms with Crippen LogP contribution in [0.15, 0.2) is 30.6 Å². The van der Waals surface area contributed by atoms with Crippen molar-refractivity contribution in [1.82, 2.24) is 9.78 Å². The number of nitrogens with one attached hydrogen (secondary N) is 1. The third kappa shape index (κ3) is 6.69. The van der Waals surface area contributed by atoms with Gasteiger partial charge in [0.2, 0.25) is 0 Å². The van der Waals surface area contributed by atoms with Crippen LogP contribution < -0.4 is 39.2 Å². The molecule has 1 fully saturated rings. The Morgan fingerprint density at radius 2 is 1.84 bits per heavy atom. The maximum Gasteiger partial charge on any atom is 1.00 e. The maximum atomic E-state index is 13.1. The first-order valence-corrected chi connectivity index (χ1v) is 11.5. The molecule has 31 heavy (non-hydrogen) atoms. The maximum absolute atomic E-state index is 13.1. The monoisotopic (exact) mass is 457 g/mol. The molecule has 0 atom stereocenters. The van der Waals surface area contributed by atoms with E-state index in [0.717, 1.165) is 24.0 Å². The fourth-order valence-electron chi connectivity index (χ4n) is 3.51. The first-order chi connectivity index (χ1) is 14.3. The molecule has 2 aromatic rings. The van der Waals surface area contributed by atoms with Gasteiger partial charge in [-0.25, -0.2) is 8.42 Å². The van der Waals surface area contributed by atoms with Crippen molar-refractivity contribution in [2.75, 3.05) is 22.8 Å². The zero-order valence-corrected chi connectivity index (χ0v) is 21.4. The van der Waals surface area contributed by atoms with Crippen LogP contribution in [0, 0.1) is 0 Å². The van der Waals surface area contributed by atoms with Gasteiger partial charge >= 0.3 is 29.6 Å². The van der Waals surface area contributed by atoms with Gasteiger partial charge in [0.25, 0.3) is 10.2 Å². The zero-order chi connectivity index (χ0) is 21.7. The molecule has 2 heterocycles. The molecule has 0 unspecified atom stereocenters. The SMILES string of the molecule is CCc1cc(CC)cc(NC(=O)[N-]S(=O)(=O)N(c2cnn(C)c2)C2CCOCC2)c1.[Na+]. The predicted octanol–water partition coefficient (Wildman–Crippen LogP) is 0.385. The third-order valence-corrected chi connectivity index (χ3v) is 6.44. The number of amides is 2. The zero-order valence-electron chi connectivity index (χ0n) is 18.5. The molecule has 3 rings (SSSR count). The summed E-state index contributed by atoms with van der Waals surface area (Å²) in [6.07, 6.45) is 5.71. The number of hydrogen-bond donors (Lipinski definition) is 1. The van der Waals surface area contributed by atoms with Crippen LogP contribution in [0.4, 0.5) is 16.2 Å². The van der Waals surface area contributed by atoms with Gasteiger partial charge in [0, 0.05) is 32.5 Å². The van der Waals surface area contributed by atoms with Crippen molar-refractivity contribution in [3.05, 3.63) is 46.4 Å². The van der Waals surface area contributed by atoms with Crippen LogP contribution in [0.3, 0.4) is 0 Å². The molecule has 2 amide bonds. The Morgan fingerprint density at radius 1 is 1.23 bits per heavy atom. The number of anilines is 2. The molecular formula is C20H28N5NaO4S. The Bertz CT molecular complexity index is 967. The molecule has 11 heteroatoms. The fraction of sp³-hybridized carbons (Fsp3) is 0.500. The molecule has 0 bridgehead atoms. The second-order valence-corrected chi connectivity index (χ2v) is 8.73. The van der Waals surface area contributed by atoms with E-state index in [-0.39, 0.29) is 35.6 Å². The number of hydrogen-bond acceptors (Lipinski definition) is 5. The molecule has 0 aliphatic carbocycles. The Kier molecular flexibility index (Phi) is 9.38. The molecule has 9 nitrogen and oxygen atoms in total. The molecule has 1 aliphatic rings. The Balaban J connectivity index is 0.00000341. The van der Waals surface area contributed by atoms with Crippen molar-refractivity contribution in [3.8, 4) is 0 Å². The summed E-state index contributed by atoms with van der Waals surface area (Å²) >= 11 is 0. The van der Waals surface area contributed by atoms with Gasteiger partial charge < -0.3 is 14.8 Å². The number of aromatic nitrogens is 2. The summed E-state index contributed by atoms with van der Waals surface area (Å²) in [6.45, 7) is 4.95. The summed E-state index contributed by atoms with van der Waals surface area (Å²) in [5, 5.41) is 6.67. The Labute approximate surface area is 206 Å². The van der Waals surface area contributed by atoms with Crippen molar-refractivity contribution in [2.24, 2.45) is 7.05 Å². The molecule has 1 aliphatic heterocycles. The van der Waals surface area contributed by atoms with E-state index in [1.165, 1.54) is 15.2 Å². The normalized spacial score (nSPS) is 14.5. The van der Waals surface area contributed by atoms with Gasteiger partial charge in [0.15, 0.2) is 6.03 Å². The molecule has 0 radical (unpaired) electrons. The van der Waals surface area contributed by atoms with E-state index < -0.39 is 16.2 Å². The van der Waals surface area contributed by atoms with E-state index in [0.29, 0.717) is 37.4 Å². The summed E-state index contributed by atoms with van der Waals surface area (Å²) in [7, 11) is -2.57. The third-order valence-electron chi connectivity index (χ3n) is 5.04. The Hall–Kier alpha value is -1.59. The Morgan fingerprint density at radius 3 is 2.35 bits per heavy atom. The van der Waals surface area contributed by atoms with Crippen molar-refractivity contribution in [2.45, 2.75) is 45.6 Å². The first-order valence-electron chi connectivity index (χ1n) is 10.1. The van der Waals surface area contributed by atoms with Crippen LogP contribution in [0.2, 0.25) is 0 Å². The summed E-state index contributed by atoms with van der Waals surface area (Å²) in [6, 6.07) is 4.46. The van der Waals surface area contributed by atoms with E-state index in [1.54, 1.807) is 13.2 Å². The molecule has 0 spiro atoms. The second-order valence-electron chi connectivity index (χ2n) is 7.26. The van der Waals surface area contributed by atoms with Crippen LogP contribution in [-0.2, 0) is 34.8 Å². The van der Waals surface area contributed by atoms with Gasteiger partial charge in [-0.05, 0) is 42.5 Å². The van der Waals surface area contributed by atoms with Crippen molar-refractivity contribution in [3.63, 3.8) is 0 Å². The van der Waals surface area contributed by atoms with Crippen LogP contribution >= 0.6 is 0 Å². The number of ether oxygens (including phenoxy) is 1. The van der Waals surface area contributed by atoms with Gasteiger partial charge in [-0.3, -0.25) is 13.8 Å². The predicted molar refractivity (Wildman–Crippen MR) is 116 cm³/mol. The summed E-state index contributed by atoms with van der Waals surface area (Å²) < 4.78 is 37.8. The smallest absolute Gasteiger partial charge is 0.424 e. The number of carbonyl (C=O) groups is 1. The topological polar surface area (TPSA) is 108 Å². The van der Waals surface area contributed by atoms with Crippen LogP contribution in [0.25, 0.3) is 4.72 Å². The number of aryl methyl sites for hydroxylation is 3. The van der Waals surface area contributed by atoms with Gasteiger partial charge in [0.1, 0.15) is 0 Å². The van der Waals surface area contributed by atoms with Crippen LogP contribution in [0.1, 0.15) is 37.8 Å². The molecule has 1 saturated heterocycles. The molecule has 164 valence electrons. The largest absolute Gasteiger partial charge is 1.00 e. The summed E-state index contributed by atoms with van der Waals surface area (Å²) in [4.78, 5) is 12.5. The average Bonchev–Trinajstić information content (AvgIpc) is 3.13. The van der Waals surface area contributed by atoms with Gasteiger partial charge in [-0.15, -0.1) is 0 Å². The second kappa shape index (κ2) is 11.3. The van der Waals surface area contributed by atoms with E-state index in [1.807, 2.05) is 26.0 Å². The standard InChI is InChI=1S/C20H29N5O4S.Na/c1-4-15-10-16(5-2)12-17(11-15)22-20(26)23-30(27,28)25(18-6-8-29-9-7-18)19-13-21-24(3)14-19;/h10-14,18H,4-9H2,1-3H3,(H2,22,23,26);/q;+1/p-1. The minimum absolute atomic E-state index is 0. The van der Waals surface area contributed by atoms with Gasteiger partial charge in [-0.1, -0.05) is 32.0 Å². The quantitative estimate of drug-likeness (QED) is 0.605. The summed E-state index contributed by atoms with van der Waals surface area (Å²) in [5.41, 5.74) is 3.04.